The van der Waals surface area contributed by atoms with E-state index < -0.39 is 23.8 Å². The van der Waals surface area contributed by atoms with Gasteiger partial charge in [0.1, 0.15) is 18.4 Å². The summed E-state index contributed by atoms with van der Waals surface area (Å²) in [6.45, 7) is 14.1. The van der Waals surface area contributed by atoms with Gasteiger partial charge in [-0.25, -0.2) is 9.97 Å². The van der Waals surface area contributed by atoms with Crippen LogP contribution in [0.15, 0.2) is 72.9 Å². The predicted octanol–water partition coefficient (Wildman–Crippen LogP) is 5.81. The molecular formula is C50H56ClN9O5. The number of aromatic nitrogens is 2. The number of hydrogen-bond acceptors (Lipinski definition) is 12. The lowest BCUT2D eigenvalue weighted by Gasteiger charge is -2.43. The number of carbonyl (C=O) groups excluding carboxylic acids is 4. The number of imide groups is 2. The zero-order valence-electron chi connectivity index (χ0n) is 37.2. The number of rotatable bonds is 12. The quantitative estimate of drug-likeness (QED) is 0.171. The summed E-state index contributed by atoms with van der Waals surface area (Å²) in [6, 6.07) is 22.7. The number of ether oxygens (including phenoxy) is 1. The highest BCUT2D eigenvalue weighted by molar-refractivity contribution is 6.30. The highest BCUT2D eigenvalue weighted by Gasteiger charge is 2.45. The zero-order valence-corrected chi connectivity index (χ0v) is 37.9. The molecule has 4 amide bonds. The summed E-state index contributed by atoms with van der Waals surface area (Å²) in [7, 11) is 0. The Morgan fingerprint density at radius 3 is 2.29 bits per heavy atom. The third-order valence-corrected chi connectivity index (χ3v) is 14.5. The number of amides is 4. The number of nitrogens with one attached hydrogen (secondary N) is 1. The van der Waals surface area contributed by atoms with Crippen LogP contribution in [0.1, 0.15) is 101 Å². The van der Waals surface area contributed by atoms with Crippen molar-refractivity contribution in [2.45, 2.75) is 83.0 Å². The van der Waals surface area contributed by atoms with Crippen molar-refractivity contribution in [3.8, 4) is 11.8 Å². The maximum absolute atomic E-state index is 13.6. The molecule has 0 radical (unpaired) electrons. The van der Waals surface area contributed by atoms with Crippen molar-refractivity contribution in [3.63, 3.8) is 0 Å². The molecule has 1 atom stereocenters. The van der Waals surface area contributed by atoms with Gasteiger partial charge in [-0.2, -0.15) is 5.26 Å². The van der Waals surface area contributed by atoms with Crippen molar-refractivity contribution in [3.05, 3.63) is 117 Å². The van der Waals surface area contributed by atoms with Gasteiger partial charge in [-0.1, -0.05) is 49.7 Å². The Morgan fingerprint density at radius 1 is 0.831 bits per heavy atom. The summed E-state index contributed by atoms with van der Waals surface area (Å²) in [5.74, 6) is 0.256. The van der Waals surface area contributed by atoms with E-state index in [4.69, 9.17) is 21.3 Å². The fourth-order valence-corrected chi connectivity index (χ4v) is 10.6. The average Bonchev–Trinajstić information content (AvgIpc) is 3.58. The second-order valence-corrected chi connectivity index (χ2v) is 19.1. The van der Waals surface area contributed by atoms with Gasteiger partial charge in [0.25, 0.3) is 11.8 Å². The van der Waals surface area contributed by atoms with E-state index in [1.807, 2.05) is 48.7 Å². The van der Waals surface area contributed by atoms with Crippen LogP contribution in [0.25, 0.3) is 0 Å². The third-order valence-electron chi connectivity index (χ3n) is 14.3. The van der Waals surface area contributed by atoms with E-state index in [0.29, 0.717) is 46.8 Å². The van der Waals surface area contributed by atoms with Crippen molar-refractivity contribution in [2.75, 3.05) is 63.8 Å². The van der Waals surface area contributed by atoms with Gasteiger partial charge in [0.05, 0.1) is 28.5 Å². The molecule has 65 heavy (non-hydrogen) atoms. The first kappa shape index (κ1) is 44.5. The summed E-state index contributed by atoms with van der Waals surface area (Å²) in [5.41, 5.74) is 4.65. The lowest BCUT2D eigenvalue weighted by Crippen LogP contribution is -2.54. The topological polar surface area (TPSA) is 155 Å². The number of fused-ring (bicyclic) bond motifs is 1. The Hall–Kier alpha value is -5.72. The van der Waals surface area contributed by atoms with Crippen LogP contribution in [0.4, 0.5) is 5.95 Å². The first-order chi connectivity index (χ1) is 31.4. The van der Waals surface area contributed by atoms with E-state index in [0.717, 1.165) is 111 Å². The minimum atomic E-state index is -0.961. The molecule has 5 aliphatic heterocycles. The predicted molar refractivity (Wildman–Crippen MR) is 245 cm³/mol. The van der Waals surface area contributed by atoms with E-state index >= 15 is 0 Å². The Bertz CT molecular complexity index is 2490. The second-order valence-electron chi connectivity index (χ2n) is 18.7. The Balaban J connectivity index is 0.694. The van der Waals surface area contributed by atoms with Gasteiger partial charge in [0.15, 0.2) is 0 Å². The Labute approximate surface area is 385 Å². The zero-order chi connectivity index (χ0) is 45.2. The normalized spacial score (nSPS) is 20.8. The van der Waals surface area contributed by atoms with E-state index in [-0.39, 0.29) is 24.2 Å². The number of likely N-dealkylation sites (tertiary alicyclic amines) is 2. The summed E-state index contributed by atoms with van der Waals surface area (Å²) in [6.07, 6.45) is 6.59. The highest BCUT2D eigenvalue weighted by Crippen LogP contribution is 2.35. The fourth-order valence-electron chi connectivity index (χ4n) is 10.3. The molecule has 338 valence electrons. The largest absolute Gasteiger partial charge is 0.487 e. The lowest BCUT2D eigenvalue weighted by molar-refractivity contribution is -0.136. The van der Waals surface area contributed by atoms with E-state index in [1.54, 1.807) is 12.1 Å². The number of anilines is 1. The van der Waals surface area contributed by atoms with Crippen molar-refractivity contribution >= 4 is 41.2 Å². The number of carbonyl (C=O) groups is 4. The molecule has 0 aliphatic carbocycles. The minimum absolute atomic E-state index is 0.103. The van der Waals surface area contributed by atoms with E-state index in [2.05, 4.69) is 61.9 Å². The standard InChI is InChI=1S/C50H56ClN9O5/c1-50(2,37-26-34(29-52)27-38(51)28-37)36-6-8-41(9-7-36)65-32-39-12-17-53-49(54-39)59-24-22-58(23-25-59)40-15-20-56(21-16-40)30-33-13-18-57(19-14-33)31-35-4-3-5-42-45(35)48(64)60(47(42)63)43-10-11-44(61)55-46(43)62/h3-9,12,17,26-28,33,40,43H,10-11,13-16,18-25,30-32H2,1-2H3,(H,55,61,62). The van der Waals surface area contributed by atoms with E-state index in [9.17, 15) is 24.4 Å². The first-order valence-electron chi connectivity index (χ1n) is 23.0. The summed E-state index contributed by atoms with van der Waals surface area (Å²) < 4.78 is 6.16. The molecule has 1 unspecified atom stereocenters. The van der Waals surface area contributed by atoms with Crippen LogP contribution in [0.5, 0.6) is 5.75 Å². The smallest absolute Gasteiger partial charge is 0.262 e. The van der Waals surface area contributed by atoms with Gasteiger partial charge >= 0.3 is 0 Å². The van der Waals surface area contributed by atoms with Gasteiger partial charge in [-0.3, -0.25) is 39.2 Å². The fraction of sp³-hybridized carbons (Fsp3) is 0.460. The molecule has 4 aromatic rings. The number of nitriles is 1. The Morgan fingerprint density at radius 2 is 1.57 bits per heavy atom. The SMILES string of the molecule is CC(C)(c1ccc(OCc2ccnc(N3CCN(C4CCN(CC5CCN(Cc6cccc7c6C(=O)N(C6CCC(=O)NC6=O)C7=O)CC5)CC4)CC3)n2)cc1)c1cc(Cl)cc(C#N)c1. The van der Waals surface area contributed by atoms with Gasteiger partial charge in [-0.15, -0.1) is 0 Å². The summed E-state index contributed by atoms with van der Waals surface area (Å²) in [4.78, 5) is 71.7. The molecule has 1 N–H and O–H groups in total. The molecule has 14 nitrogen and oxygen atoms in total. The number of hydrogen-bond donors (Lipinski definition) is 1. The number of nitrogens with zero attached hydrogens (tertiary/aromatic N) is 8. The number of piperazine rings is 1. The molecular weight excluding hydrogens is 842 g/mol. The van der Waals surface area contributed by atoms with Crippen molar-refractivity contribution in [1.29, 1.82) is 5.26 Å². The van der Waals surface area contributed by atoms with Gasteiger partial charge < -0.3 is 14.5 Å². The molecule has 1 aromatic heterocycles. The molecule has 5 aliphatic rings. The lowest BCUT2D eigenvalue weighted by atomic mass is 9.78. The van der Waals surface area contributed by atoms with Crippen LogP contribution in [0, 0.1) is 17.2 Å². The van der Waals surface area contributed by atoms with Crippen LogP contribution in [0.3, 0.4) is 0 Å². The van der Waals surface area contributed by atoms with Gasteiger partial charge in [-0.05, 0) is 123 Å². The Kier molecular flexibility index (Phi) is 13.0. The van der Waals surface area contributed by atoms with Gasteiger partial charge in [0, 0.05) is 68.4 Å². The molecule has 0 spiro atoms. The summed E-state index contributed by atoms with van der Waals surface area (Å²) >= 11 is 6.31. The van der Waals surface area contributed by atoms with E-state index in [1.165, 1.54) is 12.8 Å². The maximum atomic E-state index is 13.6. The van der Waals surface area contributed by atoms with Crippen LogP contribution >= 0.6 is 11.6 Å². The monoisotopic (exact) mass is 897 g/mol. The number of piperidine rings is 3. The number of halogens is 1. The molecule has 0 saturated carbocycles. The molecule has 4 saturated heterocycles. The molecule has 3 aromatic carbocycles. The van der Waals surface area contributed by atoms with Crippen molar-refractivity contribution < 1.29 is 23.9 Å². The molecule has 4 fully saturated rings. The first-order valence-corrected chi connectivity index (χ1v) is 23.3. The minimum Gasteiger partial charge on any atom is -0.487 e. The van der Waals surface area contributed by atoms with Gasteiger partial charge in [0.2, 0.25) is 17.8 Å². The summed E-state index contributed by atoms with van der Waals surface area (Å²) in [5, 5.41) is 12.3. The van der Waals surface area contributed by atoms with Crippen LogP contribution in [0.2, 0.25) is 5.02 Å². The average molecular weight is 899 g/mol. The second kappa shape index (κ2) is 19.0. The van der Waals surface area contributed by atoms with Crippen LogP contribution in [-0.2, 0) is 28.2 Å². The van der Waals surface area contributed by atoms with Crippen molar-refractivity contribution in [1.82, 2.24) is 34.9 Å². The number of benzene rings is 3. The third kappa shape index (κ3) is 9.65. The van der Waals surface area contributed by atoms with Crippen molar-refractivity contribution in [2.24, 2.45) is 5.92 Å². The van der Waals surface area contributed by atoms with Crippen LogP contribution < -0.4 is 15.0 Å². The molecule has 6 heterocycles. The highest BCUT2D eigenvalue weighted by atomic mass is 35.5. The van der Waals surface area contributed by atoms with Crippen LogP contribution in [-0.4, -0.2) is 124 Å². The molecule has 0 bridgehead atoms. The molecule has 9 rings (SSSR count). The maximum Gasteiger partial charge on any atom is 0.262 e. The molecule has 15 heteroatoms.